The Morgan fingerprint density at radius 3 is 2.31 bits per heavy atom. The molecule has 0 radical (unpaired) electrons. The standard InChI is InChI=1S/C20H31N3O2.ClH/c1-16(2)19(24)22-13-9-18(10-14-22)20(25)23(15-11-21)12-8-17-6-4-3-5-7-17;/h3-7,16,18H,8-15,21H2,1-2H3;1H. The number of benzene rings is 1. The lowest BCUT2D eigenvalue weighted by atomic mass is 9.94. The van der Waals surface area contributed by atoms with E-state index >= 15 is 0 Å². The van der Waals surface area contributed by atoms with Gasteiger partial charge in [0.15, 0.2) is 0 Å². The molecule has 1 aliphatic heterocycles. The van der Waals surface area contributed by atoms with Crippen LogP contribution in [0.25, 0.3) is 0 Å². The Bertz CT molecular complexity index is 557. The Morgan fingerprint density at radius 1 is 1.15 bits per heavy atom. The van der Waals surface area contributed by atoms with Crippen molar-refractivity contribution in [2.75, 3.05) is 32.7 Å². The van der Waals surface area contributed by atoms with Gasteiger partial charge >= 0.3 is 0 Å². The lowest BCUT2D eigenvalue weighted by Crippen LogP contribution is -2.46. The molecule has 0 unspecified atom stereocenters. The lowest BCUT2D eigenvalue weighted by molar-refractivity contribution is -0.142. The van der Waals surface area contributed by atoms with Crippen LogP contribution in [0.1, 0.15) is 32.3 Å². The van der Waals surface area contributed by atoms with Crippen LogP contribution in [0.4, 0.5) is 0 Å². The molecular formula is C20H32ClN3O2. The monoisotopic (exact) mass is 381 g/mol. The third kappa shape index (κ3) is 6.29. The predicted molar refractivity (Wildman–Crippen MR) is 107 cm³/mol. The van der Waals surface area contributed by atoms with Gasteiger partial charge in [-0.1, -0.05) is 44.2 Å². The molecule has 26 heavy (non-hydrogen) atoms. The number of carbonyl (C=O) groups is 2. The molecule has 1 aromatic carbocycles. The molecule has 0 spiro atoms. The quantitative estimate of drug-likeness (QED) is 0.788. The minimum absolute atomic E-state index is 0. The van der Waals surface area contributed by atoms with Gasteiger partial charge < -0.3 is 15.5 Å². The van der Waals surface area contributed by atoms with Crippen molar-refractivity contribution in [2.45, 2.75) is 33.1 Å². The maximum absolute atomic E-state index is 12.9. The Labute approximate surface area is 163 Å². The maximum atomic E-state index is 12.9. The highest BCUT2D eigenvalue weighted by molar-refractivity contribution is 5.85. The fourth-order valence-corrected chi connectivity index (χ4v) is 3.37. The maximum Gasteiger partial charge on any atom is 0.225 e. The summed E-state index contributed by atoms with van der Waals surface area (Å²) in [6.45, 7) is 6.98. The number of halogens is 1. The van der Waals surface area contributed by atoms with Gasteiger partial charge in [-0.25, -0.2) is 0 Å². The smallest absolute Gasteiger partial charge is 0.225 e. The van der Waals surface area contributed by atoms with Crippen LogP contribution < -0.4 is 5.73 Å². The summed E-state index contributed by atoms with van der Waals surface area (Å²) >= 11 is 0. The number of piperidine rings is 1. The first kappa shape index (κ1) is 22.5. The van der Waals surface area contributed by atoms with Crippen molar-refractivity contribution in [2.24, 2.45) is 17.6 Å². The summed E-state index contributed by atoms with van der Waals surface area (Å²) in [7, 11) is 0. The molecule has 1 aromatic rings. The highest BCUT2D eigenvalue weighted by Crippen LogP contribution is 2.21. The minimum Gasteiger partial charge on any atom is -0.342 e. The van der Waals surface area contributed by atoms with E-state index in [4.69, 9.17) is 5.73 Å². The molecule has 2 amide bonds. The largest absolute Gasteiger partial charge is 0.342 e. The Balaban J connectivity index is 0.00000338. The zero-order chi connectivity index (χ0) is 18.2. The number of nitrogens with two attached hydrogens (primary N) is 1. The van der Waals surface area contributed by atoms with Crippen molar-refractivity contribution in [1.29, 1.82) is 0 Å². The van der Waals surface area contributed by atoms with Gasteiger partial charge in [0.05, 0.1) is 0 Å². The summed E-state index contributed by atoms with van der Waals surface area (Å²) in [5, 5.41) is 0. The molecule has 0 bridgehead atoms. The molecule has 0 aromatic heterocycles. The van der Waals surface area contributed by atoms with E-state index in [0.29, 0.717) is 32.7 Å². The minimum atomic E-state index is 0. The van der Waals surface area contributed by atoms with Crippen molar-refractivity contribution in [3.63, 3.8) is 0 Å². The molecular weight excluding hydrogens is 350 g/mol. The SMILES string of the molecule is CC(C)C(=O)N1CCC(C(=O)N(CCN)CCc2ccccc2)CC1.Cl. The van der Waals surface area contributed by atoms with Gasteiger partial charge in [-0.2, -0.15) is 0 Å². The Kier molecular flexibility index (Phi) is 9.66. The fourth-order valence-electron chi connectivity index (χ4n) is 3.37. The van der Waals surface area contributed by atoms with Crippen molar-refractivity contribution in [3.8, 4) is 0 Å². The molecule has 1 saturated heterocycles. The van der Waals surface area contributed by atoms with E-state index in [0.717, 1.165) is 19.3 Å². The van der Waals surface area contributed by atoms with Gasteiger partial charge in [-0.05, 0) is 24.8 Å². The molecule has 0 aliphatic carbocycles. The van der Waals surface area contributed by atoms with E-state index in [-0.39, 0.29) is 36.1 Å². The van der Waals surface area contributed by atoms with Gasteiger partial charge in [0.25, 0.3) is 0 Å². The zero-order valence-corrected chi connectivity index (χ0v) is 16.7. The number of rotatable bonds is 7. The van der Waals surface area contributed by atoms with Crippen LogP contribution in [0.15, 0.2) is 30.3 Å². The molecule has 1 aliphatic rings. The zero-order valence-electron chi connectivity index (χ0n) is 15.9. The molecule has 1 heterocycles. The number of hydrogen-bond acceptors (Lipinski definition) is 3. The van der Waals surface area contributed by atoms with Crippen LogP contribution in [0.3, 0.4) is 0 Å². The summed E-state index contributed by atoms with van der Waals surface area (Å²) < 4.78 is 0. The van der Waals surface area contributed by atoms with Gasteiger partial charge in [0.2, 0.25) is 11.8 Å². The summed E-state index contributed by atoms with van der Waals surface area (Å²) in [6.07, 6.45) is 2.35. The van der Waals surface area contributed by atoms with Gasteiger partial charge in [-0.3, -0.25) is 9.59 Å². The highest BCUT2D eigenvalue weighted by Gasteiger charge is 2.30. The van der Waals surface area contributed by atoms with Gasteiger partial charge in [0, 0.05) is 44.6 Å². The van der Waals surface area contributed by atoms with E-state index in [1.165, 1.54) is 5.56 Å². The lowest BCUT2D eigenvalue weighted by Gasteiger charge is -2.35. The van der Waals surface area contributed by atoms with E-state index in [1.54, 1.807) is 0 Å². The molecule has 146 valence electrons. The number of hydrogen-bond donors (Lipinski definition) is 1. The van der Waals surface area contributed by atoms with Crippen LogP contribution in [0.5, 0.6) is 0 Å². The van der Waals surface area contributed by atoms with Crippen LogP contribution in [-0.2, 0) is 16.0 Å². The molecule has 2 N–H and O–H groups in total. The Hall–Kier alpha value is -1.59. The first-order valence-electron chi connectivity index (χ1n) is 9.34. The van der Waals surface area contributed by atoms with Crippen molar-refractivity contribution in [1.82, 2.24) is 9.80 Å². The Morgan fingerprint density at radius 2 is 1.77 bits per heavy atom. The van der Waals surface area contributed by atoms with Crippen LogP contribution in [0.2, 0.25) is 0 Å². The summed E-state index contributed by atoms with van der Waals surface area (Å²) in [5.74, 6) is 0.414. The van der Waals surface area contributed by atoms with Crippen LogP contribution in [0, 0.1) is 11.8 Å². The van der Waals surface area contributed by atoms with E-state index < -0.39 is 0 Å². The highest BCUT2D eigenvalue weighted by atomic mass is 35.5. The van der Waals surface area contributed by atoms with E-state index in [9.17, 15) is 9.59 Å². The number of nitrogens with zero attached hydrogens (tertiary/aromatic N) is 2. The second kappa shape index (κ2) is 11.2. The first-order valence-corrected chi connectivity index (χ1v) is 9.34. The topological polar surface area (TPSA) is 66.6 Å². The van der Waals surface area contributed by atoms with Gasteiger partial charge in [0.1, 0.15) is 0 Å². The third-order valence-electron chi connectivity index (χ3n) is 4.87. The third-order valence-corrected chi connectivity index (χ3v) is 4.87. The average molecular weight is 382 g/mol. The van der Waals surface area contributed by atoms with Crippen LogP contribution >= 0.6 is 12.4 Å². The molecule has 1 fully saturated rings. The molecule has 6 heteroatoms. The van der Waals surface area contributed by atoms with Crippen molar-refractivity contribution in [3.05, 3.63) is 35.9 Å². The molecule has 0 saturated carbocycles. The first-order chi connectivity index (χ1) is 12.0. The molecule has 5 nitrogen and oxygen atoms in total. The number of carbonyl (C=O) groups excluding carboxylic acids is 2. The normalized spacial score (nSPS) is 14.8. The number of amides is 2. The van der Waals surface area contributed by atoms with E-state index in [1.807, 2.05) is 41.8 Å². The van der Waals surface area contributed by atoms with Crippen molar-refractivity contribution >= 4 is 24.2 Å². The molecule has 0 atom stereocenters. The number of likely N-dealkylation sites (tertiary alicyclic amines) is 1. The van der Waals surface area contributed by atoms with Crippen LogP contribution in [-0.4, -0.2) is 54.3 Å². The van der Waals surface area contributed by atoms with Crippen molar-refractivity contribution < 1.29 is 9.59 Å². The summed E-state index contributed by atoms with van der Waals surface area (Å²) in [5.41, 5.74) is 6.95. The predicted octanol–water partition coefficient (Wildman–Crippen LogP) is 2.33. The van der Waals surface area contributed by atoms with E-state index in [2.05, 4.69) is 12.1 Å². The average Bonchev–Trinajstić information content (AvgIpc) is 2.65. The fraction of sp³-hybridized carbons (Fsp3) is 0.600. The summed E-state index contributed by atoms with van der Waals surface area (Å²) in [4.78, 5) is 28.8. The second-order valence-electron chi connectivity index (χ2n) is 7.10. The second-order valence-corrected chi connectivity index (χ2v) is 7.10. The van der Waals surface area contributed by atoms with Gasteiger partial charge in [-0.15, -0.1) is 12.4 Å². The summed E-state index contributed by atoms with van der Waals surface area (Å²) in [6, 6.07) is 10.2. The molecule has 2 rings (SSSR count).